The molecular weight excluding hydrogens is 456 g/mol. The minimum Gasteiger partial charge on any atom is -0.450 e. The van der Waals surface area contributed by atoms with E-state index in [1.807, 2.05) is 22.9 Å². The van der Waals surface area contributed by atoms with Crippen molar-refractivity contribution >= 4 is 56.7 Å². The van der Waals surface area contributed by atoms with Crippen molar-refractivity contribution < 1.29 is 14.3 Å². The van der Waals surface area contributed by atoms with E-state index in [-0.39, 0.29) is 23.3 Å². The van der Waals surface area contributed by atoms with Gasteiger partial charge < -0.3 is 14.5 Å². The summed E-state index contributed by atoms with van der Waals surface area (Å²) in [5.41, 5.74) is 0.808. The van der Waals surface area contributed by atoms with Crippen LogP contribution < -0.4 is 5.56 Å². The van der Waals surface area contributed by atoms with E-state index >= 15 is 0 Å². The topological polar surface area (TPSA) is 84.7 Å². The number of nitrogens with zero attached hydrogens (tertiary/aromatic N) is 4. The first-order chi connectivity index (χ1) is 15.0. The molecule has 3 aromatic heterocycles. The van der Waals surface area contributed by atoms with Crippen molar-refractivity contribution in [3.8, 4) is 10.4 Å². The van der Waals surface area contributed by atoms with Gasteiger partial charge in [0.1, 0.15) is 4.83 Å². The Morgan fingerprint density at radius 1 is 1.19 bits per heavy atom. The van der Waals surface area contributed by atoms with Gasteiger partial charge in [0.15, 0.2) is 5.16 Å². The molecule has 31 heavy (non-hydrogen) atoms. The van der Waals surface area contributed by atoms with Gasteiger partial charge in [0, 0.05) is 49.0 Å². The smallest absolute Gasteiger partial charge is 0.409 e. The van der Waals surface area contributed by atoms with Crippen molar-refractivity contribution in [2.75, 3.05) is 38.5 Å². The van der Waals surface area contributed by atoms with Crippen LogP contribution in [0.1, 0.15) is 6.92 Å². The number of fused-ring (bicyclic) bond motifs is 1. The number of thiophene rings is 2. The largest absolute Gasteiger partial charge is 0.450 e. The molecule has 3 aromatic rings. The van der Waals surface area contributed by atoms with E-state index in [2.05, 4.69) is 4.98 Å². The fourth-order valence-electron chi connectivity index (χ4n) is 3.37. The number of ether oxygens (including phenoxy) is 1. The van der Waals surface area contributed by atoms with Gasteiger partial charge >= 0.3 is 6.09 Å². The van der Waals surface area contributed by atoms with Gasteiger partial charge in [0.05, 0.1) is 17.7 Å². The molecule has 1 aliphatic rings. The Hall–Kier alpha value is -2.37. The lowest BCUT2D eigenvalue weighted by Gasteiger charge is -2.34. The number of hydrogen-bond acceptors (Lipinski definition) is 8. The van der Waals surface area contributed by atoms with Crippen LogP contribution in [0.2, 0.25) is 0 Å². The zero-order chi connectivity index (χ0) is 22.0. The molecule has 8 nitrogen and oxygen atoms in total. The Balaban J connectivity index is 1.43. The van der Waals surface area contributed by atoms with Crippen molar-refractivity contribution in [1.29, 1.82) is 0 Å². The van der Waals surface area contributed by atoms with Crippen molar-refractivity contribution in [2.45, 2.75) is 12.1 Å². The molecule has 0 aromatic carbocycles. The summed E-state index contributed by atoms with van der Waals surface area (Å²) in [7, 11) is 1.69. The summed E-state index contributed by atoms with van der Waals surface area (Å²) in [4.78, 5) is 47.2. The Morgan fingerprint density at radius 2 is 1.94 bits per heavy atom. The first kappa shape index (κ1) is 21.8. The third-order valence-electron chi connectivity index (χ3n) is 5.04. The third kappa shape index (κ3) is 4.48. The number of carbonyl (C=O) groups is 2. The van der Waals surface area contributed by atoms with Crippen LogP contribution in [0.25, 0.3) is 20.7 Å². The molecule has 1 fully saturated rings. The predicted molar refractivity (Wildman–Crippen MR) is 124 cm³/mol. The number of aromatic nitrogens is 2. The normalized spacial score (nSPS) is 14.3. The lowest BCUT2D eigenvalue weighted by Crippen LogP contribution is -2.51. The van der Waals surface area contributed by atoms with Crippen LogP contribution in [0.3, 0.4) is 0 Å². The molecule has 0 atom stereocenters. The van der Waals surface area contributed by atoms with Crippen LogP contribution in [-0.2, 0) is 16.6 Å². The lowest BCUT2D eigenvalue weighted by molar-refractivity contribution is -0.129. The molecule has 1 saturated heterocycles. The SMILES string of the molecule is CCOC(=O)N1CCN(C(=O)CSc2nc3scc(-c4cccs4)c3c(=O)n2C)CC1. The first-order valence-electron chi connectivity index (χ1n) is 9.84. The van der Waals surface area contributed by atoms with Crippen LogP contribution in [0.15, 0.2) is 32.8 Å². The maximum absolute atomic E-state index is 13.0. The van der Waals surface area contributed by atoms with Crippen LogP contribution in [0, 0.1) is 0 Å². The molecular formula is C20H22N4O4S3. The summed E-state index contributed by atoms with van der Waals surface area (Å²) in [6.45, 7) is 3.96. The molecule has 164 valence electrons. The molecule has 2 amide bonds. The molecule has 1 aliphatic heterocycles. The number of carbonyl (C=O) groups excluding carboxylic acids is 2. The summed E-state index contributed by atoms with van der Waals surface area (Å²) in [6.07, 6.45) is -0.339. The minimum atomic E-state index is -0.339. The summed E-state index contributed by atoms with van der Waals surface area (Å²) in [5, 5.41) is 5.10. The molecule has 0 N–H and O–H groups in total. The summed E-state index contributed by atoms with van der Waals surface area (Å²) >= 11 is 4.30. The van der Waals surface area contributed by atoms with E-state index in [1.54, 1.807) is 35.1 Å². The van der Waals surface area contributed by atoms with Gasteiger partial charge in [0.25, 0.3) is 5.56 Å². The van der Waals surface area contributed by atoms with E-state index in [1.165, 1.54) is 27.7 Å². The van der Waals surface area contributed by atoms with Gasteiger partial charge in [-0.25, -0.2) is 9.78 Å². The second-order valence-electron chi connectivity index (χ2n) is 6.92. The van der Waals surface area contributed by atoms with Crippen LogP contribution in [-0.4, -0.2) is 69.9 Å². The molecule has 0 spiro atoms. The molecule has 0 bridgehead atoms. The van der Waals surface area contributed by atoms with Crippen molar-refractivity contribution in [2.24, 2.45) is 7.05 Å². The monoisotopic (exact) mass is 478 g/mol. The highest BCUT2D eigenvalue weighted by molar-refractivity contribution is 7.99. The van der Waals surface area contributed by atoms with Gasteiger partial charge in [-0.15, -0.1) is 22.7 Å². The zero-order valence-corrected chi connectivity index (χ0v) is 19.6. The van der Waals surface area contributed by atoms with Crippen LogP contribution in [0.5, 0.6) is 0 Å². The second-order valence-corrected chi connectivity index (χ2v) is 9.67. The number of hydrogen-bond donors (Lipinski definition) is 0. The summed E-state index contributed by atoms with van der Waals surface area (Å²) in [5.74, 6) is 0.155. The Kier molecular flexibility index (Phi) is 6.63. The van der Waals surface area contributed by atoms with E-state index in [0.29, 0.717) is 48.2 Å². The fraction of sp³-hybridized carbons (Fsp3) is 0.400. The zero-order valence-electron chi connectivity index (χ0n) is 17.2. The number of thioether (sulfide) groups is 1. The quantitative estimate of drug-likeness (QED) is 0.414. The van der Waals surface area contributed by atoms with Gasteiger partial charge in [-0.05, 0) is 18.4 Å². The second kappa shape index (κ2) is 9.41. The van der Waals surface area contributed by atoms with E-state index in [9.17, 15) is 14.4 Å². The molecule has 0 radical (unpaired) electrons. The van der Waals surface area contributed by atoms with Gasteiger partial charge in [0.2, 0.25) is 5.91 Å². The highest BCUT2D eigenvalue weighted by Crippen LogP contribution is 2.34. The minimum absolute atomic E-state index is 0.0340. The van der Waals surface area contributed by atoms with Gasteiger partial charge in [-0.3, -0.25) is 14.2 Å². The standard InChI is InChI=1S/C20H22N4O4S3/c1-3-28-20(27)24-8-6-23(7-9-24)15(25)12-31-19-21-17-16(18(26)22(19)2)13(11-30-17)14-5-4-10-29-14/h4-5,10-11H,3,6-9,12H2,1-2H3. The number of amides is 2. The van der Waals surface area contributed by atoms with Crippen LogP contribution in [0.4, 0.5) is 4.79 Å². The fourth-order valence-corrected chi connectivity index (χ4v) is 6.04. The molecule has 4 heterocycles. The molecule has 0 saturated carbocycles. The van der Waals surface area contributed by atoms with Gasteiger partial charge in [-0.2, -0.15) is 0 Å². The van der Waals surface area contributed by atoms with E-state index in [0.717, 1.165) is 10.4 Å². The highest BCUT2D eigenvalue weighted by atomic mass is 32.2. The van der Waals surface area contributed by atoms with Crippen molar-refractivity contribution in [3.05, 3.63) is 33.2 Å². The Bertz CT molecular complexity index is 1150. The molecule has 0 unspecified atom stereocenters. The van der Waals surface area contributed by atoms with Crippen molar-refractivity contribution in [1.82, 2.24) is 19.4 Å². The first-order valence-corrected chi connectivity index (χ1v) is 12.6. The summed E-state index contributed by atoms with van der Waals surface area (Å²) in [6, 6.07) is 3.96. The lowest BCUT2D eigenvalue weighted by atomic mass is 10.2. The average molecular weight is 479 g/mol. The van der Waals surface area contributed by atoms with Gasteiger partial charge in [-0.1, -0.05) is 17.8 Å². The molecule has 11 heteroatoms. The predicted octanol–water partition coefficient (Wildman–Crippen LogP) is 3.12. The third-order valence-corrected chi connectivity index (χ3v) is 7.83. The molecule has 4 rings (SSSR count). The summed E-state index contributed by atoms with van der Waals surface area (Å²) < 4.78 is 6.52. The van der Waals surface area contributed by atoms with E-state index < -0.39 is 0 Å². The maximum atomic E-state index is 13.0. The number of piperazine rings is 1. The maximum Gasteiger partial charge on any atom is 0.409 e. The number of rotatable bonds is 5. The Labute approximate surface area is 191 Å². The average Bonchev–Trinajstić information content (AvgIpc) is 3.45. The Morgan fingerprint density at radius 3 is 2.61 bits per heavy atom. The van der Waals surface area contributed by atoms with E-state index in [4.69, 9.17) is 4.74 Å². The van der Waals surface area contributed by atoms with Crippen LogP contribution >= 0.6 is 34.4 Å². The molecule has 0 aliphatic carbocycles. The van der Waals surface area contributed by atoms with Crippen molar-refractivity contribution in [3.63, 3.8) is 0 Å². The highest BCUT2D eigenvalue weighted by Gasteiger charge is 2.25.